The van der Waals surface area contributed by atoms with Crippen LogP contribution in [0.4, 0.5) is 11.4 Å². The van der Waals surface area contributed by atoms with Crippen molar-refractivity contribution in [2.75, 3.05) is 24.7 Å². The van der Waals surface area contributed by atoms with Crippen LogP contribution in [0.5, 0.6) is 11.5 Å². The van der Waals surface area contributed by atoms with Gasteiger partial charge < -0.3 is 14.8 Å². The molecule has 0 spiro atoms. The summed E-state index contributed by atoms with van der Waals surface area (Å²) in [6.07, 6.45) is 1.81. The second-order valence-electron chi connectivity index (χ2n) is 7.27. The third-order valence-electron chi connectivity index (χ3n) is 4.32. The highest BCUT2D eigenvalue weighted by Gasteiger charge is 2.32. The van der Waals surface area contributed by atoms with Crippen LogP contribution < -0.4 is 14.8 Å². The van der Waals surface area contributed by atoms with E-state index >= 15 is 0 Å². The fourth-order valence-corrected chi connectivity index (χ4v) is 3.73. The number of nitro benzene ring substituents is 1. The van der Waals surface area contributed by atoms with Crippen molar-refractivity contribution in [1.29, 1.82) is 0 Å². The molecule has 0 fully saturated rings. The van der Waals surface area contributed by atoms with Gasteiger partial charge in [0.1, 0.15) is 17.9 Å². The number of rotatable bonds is 7. The molecule has 0 amide bonds. The number of nitrogens with zero attached hydrogens (tertiary/aromatic N) is 1. The van der Waals surface area contributed by atoms with Gasteiger partial charge in [0.25, 0.3) is 5.69 Å². The SMILES string of the molecule is CC1(C)Cc2cccc(OCCNc3ccc(S(C)(=O)=O)cc3[N+](=O)[O-])c2O1. The van der Waals surface area contributed by atoms with Crippen molar-refractivity contribution in [2.45, 2.75) is 30.8 Å². The summed E-state index contributed by atoms with van der Waals surface area (Å²) in [5.74, 6) is 1.36. The van der Waals surface area contributed by atoms with Crippen LogP contribution in [0.1, 0.15) is 19.4 Å². The molecule has 1 heterocycles. The summed E-state index contributed by atoms with van der Waals surface area (Å²) >= 11 is 0. The summed E-state index contributed by atoms with van der Waals surface area (Å²) in [7, 11) is -3.52. The van der Waals surface area contributed by atoms with E-state index in [2.05, 4.69) is 5.32 Å². The Morgan fingerprint density at radius 2 is 2.04 bits per heavy atom. The van der Waals surface area contributed by atoms with Crippen molar-refractivity contribution in [1.82, 2.24) is 0 Å². The van der Waals surface area contributed by atoms with Gasteiger partial charge in [-0.1, -0.05) is 12.1 Å². The molecule has 1 N–H and O–H groups in total. The highest BCUT2D eigenvalue weighted by atomic mass is 32.2. The highest BCUT2D eigenvalue weighted by Crippen LogP contribution is 2.41. The second kappa shape index (κ2) is 7.31. The Hall–Kier alpha value is -2.81. The first-order chi connectivity index (χ1) is 13.1. The molecule has 1 aliphatic rings. The van der Waals surface area contributed by atoms with Crippen molar-refractivity contribution >= 4 is 21.2 Å². The average molecular weight is 406 g/mol. The molecule has 9 heteroatoms. The number of benzene rings is 2. The number of nitro groups is 1. The minimum atomic E-state index is -3.52. The van der Waals surface area contributed by atoms with Crippen LogP contribution in [0, 0.1) is 10.1 Å². The zero-order valence-electron chi connectivity index (χ0n) is 15.9. The van der Waals surface area contributed by atoms with Gasteiger partial charge in [-0.15, -0.1) is 0 Å². The smallest absolute Gasteiger partial charge is 0.293 e. The molecule has 2 aromatic carbocycles. The average Bonchev–Trinajstić information content (AvgIpc) is 2.92. The zero-order valence-corrected chi connectivity index (χ0v) is 16.7. The van der Waals surface area contributed by atoms with Gasteiger partial charge in [0.15, 0.2) is 21.3 Å². The fraction of sp³-hybridized carbons (Fsp3) is 0.368. The van der Waals surface area contributed by atoms with Gasteiger partial charge in [-0.25, -0.2) is 8.42 Å². The van der Waals surface area contributed by atoms with Crippen LogP contribution in [-0.4, -0.2) is 38.3 Å². The zero-order chi connectivity index (χ0) is 20.5. The summed E-state index contributed by atoms with van der Waals surface area (Å²) in [5.41, 5.74) is 0.745. The van der Waals surface area contributed by atoms with E-state index in [1.54, 1.807) is 0 Å². The van der Waals surface area contributed by atoms with E-state index in [-0.39, 0.29) is 28.5 Å². The van der Waals surface area contributed by atoms with E-state index < -0.39 is 14.8 Å². The highest BCUT2D eigenvalue weighted by molar-refractivity contribution is 7.90. The molecule has 2 aromatic rings. The molecular formula is C19H22N2O6S. The number of nitrogens with one attached hydrogen (secondary N) is 1. The van der Waals surface area contributed by atoms with Crippen LogP contribution in [-0.2, 0) is 16.3 Å². The summed E-state index contributed by atoms with van der Waals surface area (Å²) in [6.45, 7) is 4.58. The fourth-order valence-electron chi connectivity index (χ4n) is 3.09. The van der Waals surface area contributed by atoms with Crippen molar-refractivity contribution in [2.24, 2.45) is 0 Å². The molecule has 3 rings (SSSR count). The molecule has 0 aromatic heterocycles. The molecule has 1 aliphatic heterocycles. The normalized spacial score (nSPS) is 14.8. The standard InChI is InChI=1S/C19H22N2O6S/c1-19(2)12-13-5-4-6-17(18(13)27-19)26-10-9-20-15-8-7-14(28(3,24)25)11-16(15)21(22)23/h4-8,11,20H,9-10,12H2,1-3H3. The van der Waals surface area contributed by atoms with Crippen molar-refractivity contribution in [3.05, 3.63) is 52.1 Å². The molecular weight excluding hydrogens is 384 g/mol. The van der Waals surface area contributed by atoms with Crippen molar-refractivity contribution in [3.63, 3.8) is 0 Å². The lowest BCUT2D eigenvalue weighted by molar-refractivity contribution is -0.384. The molecule has 150 valence electrons. The van der Waals surface area contributed by atoms with E-state index in [4.69, 9.17) is 9.47 Å². The predicted octanol–water partition coefficient (Wildman–Crippen LogP) is 3.20. The van der Waals surface area contributed by atoms with Gasteiger partial charge in [0.05, 0.1) is 9.82 Å². The van der Waals surface area contributed by atoms with Gasteiger partial charge >= 0.3 is 0 Å². The minimum absolute atomic E-state index is 0.0967. The lowest BCUT2D eigenvalue weighted by Crippen LogP contribution is -2.24. The first-order valence-corrected chi connectivity index (χ1v) is 10.6. The monoisotopic (exact) mass is 406 g/mol. The summed E-state index contributed by atoms with van der Waals surface area (Å²) in [4.78, 5) is 10.6. The summed E-state index contributed by atoms with van der Waals surface area (Å²) in [5, 5.41) is 14.2. The van der Waals surface area contributed by atoms with E-state index in [1.807, 2.05) is 32.0 Å². The number of anilines is 1. The van der Waals surface area contributed by atoms with Crippen molar-refractivity contribution in [3.8, 4) is 11.5 Å². The van der Waals surface area contributed by atoms with Crippen LogP contribution in [0.2, 0.25) is 0 Å². The molecule has 0 bridgehead atoms. The Labute approximate surface area is 163 Å². The lowest BCUT2D eigenvalue weighted by atomic mass is 10.0. The Balaban J connectivity index is 1.66. The third kappa shape index (κ3) is 4.36. The molecule has 0 atom stereocenters. The predicted molar refractivity (Wildman–Crippen MR) is 105 cm³/mol. The van der Waals surface area contributed by atoms with Gasteiger partial charge in [-0.2, -0.15) is 0 Å². The van der Waals surface area contributed by atoms with Gasteiger partial charge in [0.2, 0.25) is 0 Å². The summed E-state index contributed by atoms with van der Waals surface area (Å²) in [6, 6.07) is 9.51. The van der Waals surface area contributed by atoms with Gasteiger partial charge in [-0.05, 0) is 32.0 Å². The minimum Gasteiger partial charge on any atom is -0.488 e. The Bertz CT molecular complexity index is 1020. The Morgan fingerprint density at radius 1 is 1.29 bits per heavy atom. The maximum Gasteiger partial charge on any atom is 0.293 e. The van der Waals surface area contributed by atoms with E-state index in [0.29, 0.717) is 12.3 Å². The molecule has 28 heavy (non-hydrogen) atoms. The number of hydrogen-bond donors (Lipinski definition) is 1. The first-order valence-electron chi connectivity index (χ1n) is 8.73. The van der Waals surface area contributed by atoms with Crippen LogP contribution in [0.15, 0.2) is 41.3 Å². The van der Waals surface area contributed by atoms with Crippen LogP contribution in [0.3, 0.4) is 0 Å². The molecule has 0 radical (unpaired) electrons. The third-order valence-corrected chi connectivity index (χ3v) is 5.43. The lowest BCUT2D eigenvalue weighted by Gasteiger charge is -2.18. The Kier molecular flexibility index (Phi) is 5.20. The maximum absolute atomic E-state index is 11.6. The van der Waals surface area contributed by atoms with Crippen molar-refractivity contribution < 1.29 is 22.8 Å². The Morgan fingerprint density at radius 3 is 2.71 bits per heavy atom. The second-order valence-corrected chi connectivity index (χ2v) is 9.28. The molecule has 8 nitrogen and oxygen atoms in total. The number of fused-ring (bicyclic) bond motifs is 1. The van der Waals surface area contributed by atoms with E-state index in [0.717, 1.165) is 30.1 Å². The van der Waals surface area contributed by atoms with E-state index in [9.17, 15) is 18.5 Å². The number of hydrogen-bond acceptors (Lipinski definition) is 7. The number of ether oxygens (including phenoxy) is 2. The summed E-state index contributed by atoms with van der Waals surface area (Å²) < 4.78 is 34.9. The van der Waals surface area contributed by atoms with Gasteiger partial charge in [-0.3, -0.25) is 10.1 Å². The first kappa shape index (κ1) is 19.9. The molecule has 0 saturated heterocycles. The molecule has 0 saturated carbocycles. The number of para-hydroxylation sites is 1. The number of sulfone groups is 1. The molecule has 0 unspecified atom stereocenters. The largest absolute Gasteiger partial charge is 0.488 e. The van der Waals surface area contributed by atoms with Crippen LogP contribution >= 0.6 is 0 Å². The van der Waals surface area contributed by atoms with Gasteiger partial charge in [0, 0.05) is 30.9 Å². The quantitative estimate of drug-likeness (QED) is 0.427. The molecule has 0 aliphatic carbocycles. The van der Waals surface area contributed by atoms with E-state index in [1.165, 1.54) is 12.1 Å². The van der Waals surface area contributed by atoms with Crippen LogP contribution in [0.25, 0.3) is 0 Å². The maximum atomic E-state index is 11.6. The topological polar surface area (TPSA) is 108 Å².